The minimum Gasteiger partial charge on any atom is -0.360 e. The lowest BCUT2D eigenvalue weighted by atomic mass is 10.1. The number of rotatable bonds is 3. The largest absolute Gasteiger partial charge is 0.360 e. The summed E-state index contributed by atoms with van der Waals surface area (Å²) in [5, 5.41) is 3.41. The van der Waals surface area contributed by atoms with Gasteiger partial charge in [0, 0.05) is 23.6 Å². The number of H-pyrrole nitrogens is 1. The van der Waals surface area contributed by atoms with Gasteiger partial charge in [-0.2, -0.15) is 0 Å². The van der Waals surface area contributed by atoms with Crippen LogP contribution in [-0.2, 0) is 6.54 Å². The summed E-state index contributed by atoms with van der Waals surface area (Å²) in [5.74, 6) is -0.941. The molecule has 0 bridgehead atoms. The van der Waals surface area contributed by atoms with E-state index in [1.807, 2.05) is 0 Å². The predicted molar refractivity (Wildman–Crippen MR) is 75.8 cm³/mol. The lowest BCUT2D eigenvalue weighted by Crippen LogP contribution is -2.22. The van der Waals surface area contributed by atoms with Crippen LogP contribution in [0.25, 0.3) is 10.9 Å². The molecule has 0 atom stereocenters. The van der Waals surface area contributed by atoms with Gasteiger partial charge in [-0.15, -0.1) is 0 Å². The van der Waals surface area contributed by atoms with E-state index in [1.54, 1.807) is 24.4 Å². The average molecular weight is 286 g/mol. The van der Waals surface area contributed by atoms with Gasteiger partial charge in [0.15, 0.2) is 0 Å². The minimum absolute atomic E-state index is 0.266. The predicted octanol–water partition coefficient (Wildman–Crippen LogP) is 3.38. The molecule has 0 fully saturated rings. The van der Waals surface area contributed by atoms with Gasteiger partial charge >= 0.3 is 0 Å². The Morgan fingerprint density at radius 2 is 1.76 bits per heavy atom. The van der Waals surface area contributed by atoms with Crippen molar-refractivity contribution in [3.05, 3.63) is 71.4 Å². The van der Waals surface area contributed by atoms with Crippen molar-refractivity contribution in [2.75, 3.05) is 0 Å². The maximum Gasteiger partial charge on any atom is 0.253 e. The van der Waals surface area contributed by atoms with Crippen LogP contribution < -0.4 is 5.32 Å². The summed E-state index contributed by atoms with van der Waals surface area (Å²) in [6.07, 6.45) is 1.55. The van der Waals surface area contributed by atoms with Crippen LogP contribution in [0.5, 0.6) is 0 Å². The van der Waals surface area contributed by atoms with Crippen molar-refractivity contribution in [2.24, 2.45) is 0 Å². The van der Waals surface area contributed by atoms with E-state index in [2.05, 4.69) is 10.3 Å². The number of benzene rings is 2. The Bertz CT molecular complexity index is 794. The minimum atomic E-state index is -0.359. The Morgan fingerprint density at radius 1 is 1.05 bits per heavy atom. The molecule has 0 saturated carbocycles. The maximum absolute atomic E-state index is 13.1. The third-order valence-electron chi connectivity index (χ3n) is 3.25. The lowest BCUT2D eigenvalue weighted by Gasteiger charge is -2.04. The maximum atomic E-state index is 13.1. The van der Waals surface area contributed by atoms with E-state index in [4.69, 9.17) is 0 Å². The third-order valence-corrected chi connectivity index (χ3v) is 3.25. The van der Waals surface area contributed by atoms with Crippen LogP contribution >= 0.6 is 0 Å². The molecule has 1 aromatic heterocycles. The van der Waals surface area contributed by atoms with Crippen LogP contribution in [0.1, 0.15) is 15.9 Å². The van der Waals surface area contributed by atoms with Crippen LogP contribution in [0.4, 0.5) is 8.78 Å². The Labute approximate surface area is 119 Å². The average Bonchev–Trinajstić information content (AvgIpc) is 2.89. The molecule has 1 amide bonds. The molecule has 0 saturated heterocycles. The fourth-order valence-corrected chi connectivity index (χ4v) is 2.17. The van der Waals surface area contributed by atoms with Gasteiger partial charge in [-0.25, -0.2) is 8.78 Å². The first-order valence-corrected chi connectivity index (χ1v) is 6.43. The number of hydrogen-bond donors (Lipinski definition) is 2. The van der Waals surface area contributed by atoms with Crippen molar-refractivity contribution >= 4 is 16.8 Å². The van der Waals surface area contributed by atoms with E-state index in [9.17, 15) is 13.6 Å². The summed E-state index contributed by atoms with van der Waals surface area (Å²) >= 11 is 0. The highest BCUT2D eigenvalue weighted by molar-refractivity contribution is 6.06. The van der Waals surface area contributed by atoms with Gasteiger partial charge in [-0.1, -0.05) is 12.1 Å². The first-order valence-electron chi connectivity index (χ1n) is 6.43. The van der Waals surface area contributed by atoms with Gasteiger partial charge in [0.2, 0.25) is 0 Å². The zero-order valence-corrected chi connectivity index (χ0v) is 11.0. The monoisotopic (exact) mass is 286 g/mol. The van der Waals surface area contributed by atoms with Crippen molar-refractivity contribution in [3.8, 4) is 0 Å². The van der Waals surface area contributed by atoms with Crippen molar-refractivity contribution in [3.63, 3.8) is 0 Å². The first kappa shape index (κ1) is 13.3. The third kappa shape index (κ3) is 2.76. The molecule has 106 valence electrons. The highest BCUT2D eigenvalue weighted by Gasteiger charge is 2.12. The molecular formula is C16H12F2N2O. The van der Waals surface area contributed by atoms with Gasteiger partial charge in [-0.3, -0.25) is 4.79 Å². The number of hydrogen-bond acceptors (Lipinski definition) is 1. The lowest BCUT2D eigenvalue weighted by molar-refractivity contribution is 0.0952. The van der Waals surface area contributed by atoms with Gasteiger partial charge in [0.05, 0.1) is 5.56 Å². The van der Waals surface area contributed by atoms with Gasteiger partial charge in [0.25, 0.3) is 5.91 Å². The number of carbonyl (C=O) groups excluding carboxylic acids is 1. The second-order valence-corrected chi connectivity index (χ2v) is 4.70. The fraction of sp³-hybridized carbons (Fsp3) is 0.0625. The Hall–Kier alpha value is -2.69. The molecule has 3 nitrogen and oxygen atoms in total. The molecule has 1 heterocycles. The zero-order chi connectivity index (χ0) is 14.8. The van der Waals surface area contributed by atoms with Crippen molar-refractivity contribution in [1.82, 2.24) is 10.3 Å². The summed E-state index contributed by atoms with van der Waals surface area (Å²) in [4.78, 5) is 15.0. The van der Waals surface area contributed by atoms with Gasteiger partial charge in [0.1, 0.15) is 11.6 Å². The topological polar surface area (TPSA) is 44.9 Å². The Kier molecular flexibility index (Phi) is 3.39. The number of aromatic nitrogens is 1. The number of carbonyl (C=O) groups is 1. The summed E-state index contributed by atoms with van der Waals surface area (Å²) < 4.78 is 25.9. The fourth-order valence-electron chi connectivity index (χ4n) is 2.17. The quantitative estimate of drug-likeness (QED) is 0.761. The molecule has 0 radical (unpaired) electrons. The van der Waals surface area contributed by atoms with E-state index in [-0.39, 0.29) is 17.5 Å². The molecule has 21 heavy (non-hydrogen) atoms. The summed E-state index contributed by atoms with van der Waals surface area (Å²) in [5.41, 5.74) is 1.82. The number of amides is 1. The van der Waals surface area contributed by atoms with Crippen LogP contribution in [0.3, 0.4) is 0 Å². The first-order chi connectivity index (χ1) is 10.1. The standard InChI is InChI=1S/C16H12F2N2O/c17-11-3-1-10(2-4-11)8-20-16(21)14-9-19-15-7-12(18)5-6-13(14)15/h1-7,9,19H,8H2,(H,20,21). The van der Waals surface area contributed by atoms with Crippen molar-refractivity contribution in [2.45, 2.75) is 6.54 Å². The molecular weight excluding hydrogens is 274 g/mol. The second-order valence-electron chi connectivity index (χ2n) is 4.70. The van der Waals surface area contributed by atoms with E-state index < -0.39 is 0 Å². The number of halogens is 2. The van der Waals surface area contributed by atoms with E-state index >= 15 is 0 Å². The summed E-state index contributed by atoms with van der Waals surface area (Å²) in [7, 11) is 0. The molecule has 0 unspecified atom stereocenters. The van der Waals surface area contributed by atoms with Crippen LogP contribution in [0, 0.1) is 11.6 Å². The summed E-state index contributed by atoms with van der Waals surface area (Å²) in [6, 6.07) is 10.1. The molecule has 3 rings (SSSR count). The molecule has 2 N–H and O–H groups in total. The molecule has 5 heteroatoms. The van der Waals surface area contributed by atoms with Gasteiger partial charge in [-0.05, 0) is 35.9 Å². The number of nitrogens with one attached hydrogen (secondary N) is 2. The van der Waals surface area contributed by atoms with Crippen molar-refractivity contribution in [1.29, 1.82) is 0 Å². The van der Waals surface area contributed by atoms with Crippen molar-refractivity contribution < 1.29 is 13.6 Å². The smallest absolute Gasteiger partial charge is 0.253 e. The van der Waals surface area contributed by atoms with Crippen LogP contribution in [0.15, 0.2) is 48.7 Å². The highest BCUT2D eigenvalue weighted by Crippen LogP contribution is 2.19. The van der Waals surface area contributed by atoms with E-state index in [0.29, 0.717) is 23.0 Å². The Balaban J connectivity index is 1.76. The summed E-state index contributed by atoms with van der Waals surface area (Å²) in [6.45, 7) is 0.299. The normalized spacial score (nSPS) is 10.8. The molecule has 0 aliphatic rings. The second kappa shape index (κ2) is 5.36. The van der Waals surface area contributed by atoms with Gasteiger partial charge < -0.3 is 10.3 Å². The highest BCUT2D eigenvalue weighted by atomic mass is 19.1. The van der Waals surface area contributed by atoms with E-state index in [1.165, 1.54) is 24.3 Å². The molecule has 3 aromatic rings. The zero-order valence-electron chi connectivity index (χ0n) is 11.0. The van der Waals surface area contributed by atoms with Crippen LogP contribution in [-0.4, -0.2) is 10.9 Å². The molecule has 0 spiro atoms. The SMILES string of the molecule is O=C(NCc1ccc(F)cc1)c1c[nH]c2cc(F)ccc12. The Morgan fingerprint density at radius 3 is 2.52 bits per heavy atom. The molecule has 0 aliphatic heterocycles. The van der Waals surface area contributed by atoms with Crippen LogP contribution in [0.2, 0.25) is 0 Å². The number of aromatic amines is 1. The van der Waals surface area contributed by atoms with E-state index in [0.717, 1.165) is 5.56 Å². The molecule has 0 aliphatic carbocycles. The molecule has 2 aromatic carbocycles. The number of fused-ring (bicyclic) bond motifs is 1.